The van der Waals surface area contributed by atoms with E-state index in [4.69, 9.17) is 14.2 Å². The number of fused-ring (bicyclic) bond motifs is 1. The maximum Gasteiger partial charge on any atom is 0.410 e. The summed E-state index contributed by atoms with van der Waals surface area (Å²) in [6, 6.07) is 6.00. The van der Waals surface area contributed by atoms with Crippen molar-refractivity contribution in [3.05, 3.63) is 18.2 Å². The highest BCUT2D eigenvalue weighted by molar-refractivity contribution is 5.68. The largest absolute Gasteiger partial charge is 0.486 e. The van der Waals surface area contributed by atoms with Gasteiger partial charge in [0.25, 0.3) is 0 Å². The van der Waals surface area contributed by atoms with Crippen molar-refractivity contribution in [1.29, 1.82) is 0 Å². The second-order valence-corrected chi connectivity index (χ2v) is 6.78. The van der Waals surface area contributed by atoms with Crippen molar-refractivity contribution in [3.63, 3.8) is 0 Å². The molecule has 0 unspecified atom stereocenters. The van der Waals surface area contributed by atoms with Crippen molar-refractivity contribution in [3.8, 4) is 11.5 Å². The Kier molecular flexibility index (Phi) is 4.24. The number of hydrogen-bond donors (Lipinski definition) is 0. The van der Waals surface area contributed by atoms with E-state index in [2.05, 4.69) is 4.90 Å². The summed E-state index contributed by atoms with van der Waals surface area (Å²) in [5, 5.41) is 0. The van der Waals surface area contributed by atoms with Gasteiger partial charge in [-0.3, -0.25) is 0 Å². The van der Waals surface area contributed by atoms with Crippen molar-refractivity contribution < 1.29 is 19.0 Å². The molecule has 1 aromatic carbocycles. The van der Waals surface area contributed by atoms with Crippen molar-refractivity contribution in [2.45, 2.75) is 26.4 Å². The minimum absolute atomic E-state index is 0.237. The van der Waals surface area contributed by atoms with Crippen LogP contribution in [-0.2, 0) is 4.74 Å². The molecule has 6 nitrogen and oxygen atoms in total. The zero-order valence-corrected chi connectivity index (χ0v) is 14.0. The minimum Gasteiger partial charge on any atom is -0.486 e. The molecule has 126 valence electrons. The van der Waals surface area contributed by atoms with Crippen LogP contribution in [-0.4, -0.2) is 56.0 Å². The van der Waals surface area contributed by atoms with Crippen LogP contribution in [0.2, 0.25) is 0 Å². The zero-order chi connectivity index (χ0) is 16.4. The average Bonchev–Trinajstić information content (AvgIpc) is 2.53. The monoisotopic (exact) mass is 320 g/mol. The molecule has 1 saturated heterocycles. The van der Waals surface area contributed by atoms with Gasteiger partial charge in [0, 0.05) is 37.9 Å². The van der Waals surface area contributed by atoms with Gasteiger partial charge >= 0.3 is 6.09 Å². The zero-order valence-electron chi connectivity index (χ0n) is 14.0. The number of carbonyl (C=O) groups is 1. The smallest absolute Gasteiger partial charge is 0.410 e. The Morgan fingerprint density at radius 1 is 1.04 bits per heavy atom. The summed E-state index contributed by atoms with van der Waals surface area (Å²) < 4.78 is 16.6. The molecule has 2 aliphatic rings. The van der Waals surface area contributed by atoms with Crippen molar-refractivity contribution in [2.24, 2.45) is 0 Å². The van der Waals surface area contributed by atoms with Crippen LogP contribution in [0.3, 0.4) is 0 Å². The van der Waals surface area contributed by atoms with Gasteiger partial charge in [-0.05, 0) is 32.9 Å². The molecule has 0 radical (unpaired) electrons. The highest BCUT2D eigenvalue weighted by Crippen LogP contribution is 2.34. The van der Waals surface area contributed by atoms with Gasteiger partial charge in [0.15, 0.2) is 11.5 Å². The first-order valence-electron chi connectivity index (χ1n) is 8.05. The lowest BCUT2D eigenvalue weighted by atomic mass is 10.2. The summed E-state index contributed by atoms with van der Waals surface area (Å²) in [5.74, 6) is 1.59. The number of anilines is 1. The predicted molar refractivity (Wildman–Crippen MR) is 87.5 cm³/mol. The third-order valence-corrected chi connectivity index (χ3v) is 3.82. The Morgan fingerprint density at radius 3 is 2.35 bits per heavy atom. The second kappa shape index (κ2) is 6.18. The van der Waals surface area contributed by atoms with E-state index in [0.29, 0.717) is 26.3 Å². The molecule has 2 heterocycles. The Bertz CT molecular complexity index is 574. The summed E-state index contributed by atoms with van der Waals surface area (Å²) in [7, 11) is 0. The van der Waals surface area contributed by atoms with Crippen LogP contribution in [0.1, 0.15) is 20.8 Å². The summed E-state index contributed by atoms with van der Waals surface area (Å²) in [6.07, 6.45) is -0.237. The van der Waals surface area contributed by atoms with Crippen LogP contribution < -0.4 is 14.4 Å². The van der Waals surface area contributed by atoms with Crippen LogP contribution in [0, 0.1) is 0 Å². The number of carbonyl (C=O) groups excluding carboxylic acids is 1. The number of rotatable bonds is 1. The number of nitrogens with zero attached hydrogens (tertiary/aromatic N) is 2. The van der Waals surface area contributed by atoms with E-state index in [1.54, 1.807) is 4.90 Å². The van der Waals surface area contributed by atoms with E-state index in [-0.39, 0.29) is 6.09 Å². The fraction of sp³-hybridized carbons (Fsp3) is 0.588. The highest BCUT2D eigenvalue weighted by atomic mass is 16.6. The second-order valence-electron chi connectivity index (χ2n) is 6.78. The van der Waals surface area contributed by atoms with Gasteiger partial charge in [-0.25, -0.2) is 4.79 Å². The van der Waals surface area contributed by atoms with E-state index >= 15 is 0 Å². The van der Waals surface area contributed by atoms with E-state index in [9.17, 15) is 4.79 Å². The lowest BCUT2D eigenvalue weighted by molar-refractivity contribution is 0.0240. The maximum atomic E-state index is 12.1. The van der Waals surface area contributed by atoms with Crippen molar-refractivity contribution >= 4 is 11.8 Å². The molecule has 0 aromatic heterocycles. The number of piperazine rings is 1. The van der Waals surface area contributed by atoms with Gasteiger partial charge in [-0.1, -0.05) is 0 Å². The summed E-state index contributed by atoms with van der Waals surface area (Å²) in [4.78, 5) is 16.1. The molecule has 0 bridgehead atoms. The topological polar surface area (TPSA) is 51.2 Å². The van der Waals surface area contributed by atoms with Crippen molar-refractivity contribution in [2.75, 3.05) is 44.3 Å². The molecule has 1 amide bonds. The molecule has 0 aliphatic carbocycles. The molecule has 0 spiro atoms. The third kappa shape index (κ3) is 3.81. The summed E-state index contributed by atoms with van der Waals surface area (Å²) in [6.45, 7) is 9.71. The SMILES string of the molecule is CC(C)(C)OC(=O)N1CCN(c2ccc3c(c2)OCCO3)CC1. The molecule has 0 N–H and O–H groups in total. The summed E-state index contributed by atoms with van der Waals surface area (Å²) in [5.41, 5.74) is 0.641. The Hall–Kier alpha value is -2.11. The first kappa shape index (κ1) is 15.8. The molecular weight excluding hydrogens is 296 g/mol. The van der Waals surface area contributed by atoms with Crippen LogP contribution in [0.4, 0.5) is 10.5 Å². The van der Waals surface area contributed by atoms with E-state index < -0.39 is 5.60 Å². The normalized spacial score (nSPS) is 17.9. The lowest BCUT2D eigenvalue weighted by Crippen LogP contribution is -2.50. The quantitative estimate of drug-likeness (QED) is 0.796. The van der Waals surface area contributed by atoms with Gasteiger partial charge < -0.3 is 24.0 Å². The Balaban J connectivity index is 1.60. The molecule has 2 aliphatic heterocycles. The van der Waals surface area contributed by atoms with Crippen LogP contribution >= 0.6 is 0 Å². The molecule has 0 saturated carbocycles. The predicted octanol–water partition coefficient (Wildman–Crippen LogP) is 2.51. The number of amides is 1. The Labute approximate surface area is 136 Å². The average molecular weight is 320 g/mol. The van der Waals surface area contributed by atoms with Crippen LogP contribution in [0.25, 0.3) is 0 Å². The molecule has 23 heavy (non-hydrogen) atoms. The number of benzene rings is 1. The van der Waals surface area contributed by atoms with Crippen molar-refractivity contribution in [1.82, 2.24) is 4.90 Å². The maximum absolute atomic E-state index is 12.1. The molecule has 1 aromatic rings. The molecule has 0 atom stereocenters. The Morgan fingerprint density at radius 2 is 1.70 bits per heavy atom. The van der Waals surface area contributed by atoms with E-state index in [0.717, 1.165) is 30.3 Å². The van der Waals surface area contributed by atoms with Gasteiger partial charge in [0.05, 0.1) is 0 Å². The number of ether oxygens (including phenoxy) is 3. The van der Waals surface area contributed by atoms with Gasteiger partial charge in [0.1, 0.15) is 18.8 Å². The van der Waals surface area contributed by atoms with Gasteiger partial charge in [-0.2, -0.15) is 0 Å². The molecule has 3 rings (SSSR count). The standard InChI is InChI=1S/C17H24N2O4/c1-17(2,3)23-16(20)19-8-6-18(7-9-19)13-4-5-14-15(12-13)22-11-10-21-14/h4-5,12H,6-11H2,1-3H3. The van der Waals surface area contributed by atoms with Crippen LogP contribution in [0.5, 0.6) is 11.5 Å². The van der Waals surface area contributed by atoms with E-state index in [1.165, 1.54) is 0 Å². The van der Waals surface area contributed by atoms with Gasteiger partial charge in [-0.15, -0.1) is 0 Å². The first-order chi connectivity index (χ1) is 10.9. The van der Waals surface area contributed by atoms with Gasteiger partial charge in [0.2, 0.25) is 0 Å². The highest BCUT2D eigenvalue weighted by Gasteiger charge is 2.26. The number of hydrogen-bond acceptors (Lipinski definition) is 5. The fourth-order valence-electron chi connectivity index (χ4n) is 2.70. The lowest BCUT2D eigenvalue weighted by Gasteiger charge is -2.37. The first-order valence-corrected chi connectivity index (χ1v) is 8.05. The molecular formula is C17H24N2O4. The molecule has 6 heteroatoms. The third-order valence-electron chi connectivity index (χ3n) is 3.82. The van der Waals surface area contributed by atoms with Crippen LogP contribution in [0.15, 0.2) is 18.2 Å². The minimum atomic E-state index is -0.454. The summed E-state index contributed by atoms with van der Waals surface area (Å²) >= 11 is 0. The molecule has 1 fully saturated rings. The fourth-order valence-corrected chi connectivity index (χ4v) is 2.70. The van der Waals surface area contributed by atoms with E-state index in [1.807, 2.05) is 39.0 Å².